The van der Waals surface area contributed by atoms with Crippen LogP contribution in [0.2, 0.25) is 0 Å². The fourth-order valence-corrected chi connectivity index (χ4v) is 5.30. The van der Waals surface area contributed by atoms with E-state index < -0.39 is 0 Å². The molecule has 6 rings (SSSR count). The number of thiazole rings is 2. The third kappa shape index (κ3) is 4.47. The number of hydrogen-bond donors (Lipinski definition) is 2. The first-order valence-electron chi connectivity index (χ1n) is 11.1. The predicted molar refractivity (Wildman–Crippen MR) is 147 cm³/mol. The lowest BCUT2D eigenvalue weighted by Gasteiger charge is -2.04. The van der Waals surface area contributed by atoms with Crippen molar-refractivity contribution in [3.63, 3.8) is 0 Å². The van der Waals surface area contributed by atoms with Crippen LogP contribution in [0.4, 0.5) is 10.3 Å². The zero-order valence-corrected chi connectivity index (χ0v) is 20.4. The van der Waals surface area contributed by atoms with E-state index in [1.165, 1.54) is 22.7 Å². The van der Waals surface area contributed by atoms with Gasteiger partial charge in [-0.15, -0.1) is 22.7 Å². The normalized spacial score (nSPS) is 11.0. The van der Waals surface area contributed by atoms with E-state index in [1.54, 1.807) is 12.1 Å². The summed E-state index contributed by atoms with van der Waals surface area (Å²) in [4.78, 5) is 34.5. The lowest BCUT2D eigenvalue weighted by atomic mass is 10.1. The minimum Gasteiger partial charge on any atom is -0.298 e. The summed E-state index contributed by atoms with van der Waals surface area (Å²) in [5, 5.41) is 14.5. The van der Waals surface area contributed by atoms with Gasteiger partial charge in [0.2, 0.25) is 0 Å². The smallest absolute Gasteiger partial charge is 0.257 e. The van der Waals surface area contributed by atoms with Crippen LogP contribution in [0, 0.1) is 0 Å². The number of carbonyl (C=O) groups is 2. The molecule has 0 aliphatic carbocycles. The van der Waals surface area contributed by atoms with Crippen molar-refractivity contribution in [1.82, 2.24) is 9.97 Å². The van der Waals surface area contributed by atoms with Gasteiger partial charge in [-0.2, -0.15) is 0 Å². The van der Waals surface area contributed by atoms with Crippen LogP contribution in [-0.2, 0) is 0 Å². The third-order valence-corrected chi connectivity index (χ3v) is 7.25. The molecular formula is C28H18N4O2S2. The maximum Gasteiger partial charge on any atom is 0.257 e. The number of nitrogens with one attached hydrogen (secondary N) is 2. The summed E-state index contributed by atoms with van der Waals surface area (Å²) in [5.74, 6) is -0.438. The number of benzene rings is 4. The van der Waals surface area contributed by atoms with Crippen LogP contribution >= 0.6 is 22.7 Å². The predicted octanol–water partition coefficient (Wildman–Crippen LogP) is 7.08. The van der Waals surface area contributed by atoms with Crippen molar-refractivity contribution >= 4 is 66.3 Å². The fraction of sp³-hybridized carbons (Fsp3) is 0. The number of fused-ring (bicyclic) bond motifs is 2. The number of hydrogen-bond acceptors (Lipinski definition) is 6. The molecule has 0 unspecified atom stereocenters. The second-order valence-electron chi connectivity index (χ2n) is 8.11. The van der Waals surface area contributed by atoms with Gasteiger partial charge >= 0.3 is 0 Å². The van der Waals surface area contributed by atoms with Crippen molar-refractivity contribution < 1.29 is 9.59 Å². The van der Waals surface area contributed by atoms with Crippen LogP contribution in [-0.4, -0.2) is 21.8 Å². The van der Waals surface area contributed by atoms with Crippen LogP contribution in [0.3, 0.4) is 0 Å². The minimum absolute atomic E-state index is 0.219. The molecule has 0 radical (unpaired) electrons. The maximum atomic E-state index is 12.7. The number of nitrogens with zero attached hydrogens (tertiary/aromatic N) is 2. The van der Waals surface area contributed by atoms with Gasteiger partial charge in [0.1, 0.15) is 11.4 Å². The zero-order chi connectivity index (χ0) is 24.5. The molecular weight excluding hydrogens is 488 g/mol. The van der Waals surface area contributed by atoms with E-state index in [9.17, 15) is 9.59 Å². The summed E-state index contributed by atoms with van der Waals surface area (Å²) >= 11 is 2.65. The second kappa shape index (κ2) is 9.33. The maximum absolute atomic E-state index is 12.7. The Morgan fingerprint density at radius 3 is 1.42 bits per heavy atom. The van der Waals surface area contributed by atoms with Gasteiger partial charge in [0.15, 0.2) is 10.3 Å². The molecule has 4 aromatic carbocycles. The van der Waals surface area contributed by atoms with Crippen molar-refractivity contribution in [1.29, 1.82) is 0 Å². The number of carbonyl (C=O) groups excluding carboxylic acids is 2. The monoisotopic (exact) mass is 506 g/mol. The van der Waals surface area contributed by atoms with Crippen LogP contribution < -0.4 is 10.6 Å². The Morgan fingerprint density at radius 1 is 0.556 bits per heavy atom. The molecule has 0 saturated heterocycles. The van der Waals surface area contributed by atoms with Crippen molar-refractivity contribution in [2.45, 2.75) is 0 Å². The van der Waals surface area contributed by atoms with E-state index in [0.29, 0.717) is 32.8 Å². The van der Waals surface area contributed by atoms with Gasteiger partial charge < -0.3 is 0 Å². The summed E-state index contributed by atoms with van der Waals surface area (Å²) in [6.07, 6.45) is 0. The Balaban J connectivity index is 1.14. The number of anilines is 2. The zero-order valence-electron chi connectivity index (χ0n) is 18.8. The highest BCUT2D eigenvalue weighted by Crippen LogP contribution is 2.29. The quantitative estimate of drug-likeness (QED) is 0.262. The topological polar surface area (TPSA) is 84.0 Å². The van der Waals surface area contributed by atoms with Gasteiger partial charge in [-0.05, 0) is 45.8 Å². The Labute approximate surface area is 214 Å². The minimum atomic E-state index is -0.219. The number of amides is 2. The van der Waals surface area contributed by atoms with E-state index in [1.807, 2.05) is 83.6 Å². The molecule has 2 N–H and O–H groups in total. The highest BCUT2D eigenvalue weighted by molar-refractivity contribution is 7.15. The van der Waals surface area contributed by atoms with Gasteiger partial charge in [0.05, 0.1) is 0 Å². The summed E-state index contributed by atoms with van der Waals surface area (Å²) in [5.41, 5.74) is 2.41. The Hall–Kier alpha value is -4.40. The van der Waals surface area contributed by atoms with Gasteiger partial charge in [0, 0.05) is 21.9 Å². The first kappa shape index (κ1) is 22.1. The first-order valence-corrected chi connectivity index (χ1v) is 12.9. The van der Waals surface area contributed by atoms with E-state index in [-0.39, 0.29) is 11.8 Å². The average Bonchev–Trinajstić information content (AvgIpc) is 3.57. The van der Waals surface area contributed by atoms with Gasteiger partial charge in [-0.3, -0.25) is 20.2 Å². The number of aromatic nitrogens is 2. The van der Waals surface area contributed by atoms with Crippen LogP contribution in [0.15, 0.2) is 95.7 Å². The Morgan fingerprint density at radius 2 is 0.972 bits per heavy atom. The molecule has 0 fully saturated rings. The van der Waals surface area contributed by atoms with Crippen molar-refractivity contribution in [2.75, 3.05) is 10.6 Å². The molecule has 6 aromatic rings. The van der Waals surface area contributed by atoms with Crippen molar-refractivity contribution in [3.05, 3.63) is 107 Å². The van der Waals surface area contributed by atoms with Crippen molar-refractivity contribution in [3.8, 4) is 11.4 Å². The summed E-state index contributed by atoms with van der Waals surface area (Å²) in [6.45, 7) is 0. The van der Waals surface area contributed by atoms with E-state index in [0.717, 1.165) is 21.5 Å². The molecule has 6 nitrogen and oxygen atoms in total. The number of rotatable bonds is 5. The van der Waals surface area contributed by atoms with Gasteiger partial charge in [0.25, 0.3) is 11.8 Å². The molecule has 2 heterocycles. The molecule has 0 aliphatic heterocycles. The lowest BCUT2D eigenvalue weighted by Crippen LogP contribution is -2.11. The standard InChI is InChI=1S/C28H18N4O2S2/c33-25(21-11-9-17-5-1-3-7-19(17)13-21)31-27-29-23(15-35-27)24-16-36-28(30-24)32-26(34)22-12-10-18-6-2-4-8-20(18)14-22/h1-16H,(H,29,31,33)(H,30,32,34). The van der Waals surface area contributed by atoms with E-state index >= 15 is 0 Å². The fourth-order valence-electron chi connectivity index (χ4n) is 3.90. The van der Waals surface area contributed by atoms with E-state index in [4.69, 9.17) is 0 Å². The molecule has 2 amide bonds. The van der Waals surface area contributed by atoms with Crippen LogP contribution in [0.1, 0.15) is 20.7 Å². The average molecular weight is 507 g/mol. The molecule has 0 atom stereocenters. The third-order valence-electron chi connectivity index (χ3n) is 5.74. The van der Waals surface area contributed by atoms with Gasteiger partial charge in [-0.25, -0.2) is 9.97 Å². The molecule has 8 heteroatoms. The van der Waals surface area contributed by atoms with E-state index in [2.05, 4.69) is 20.6 Å². The van der Waals surface area contributed by atoms with Crippen LogP contribution in [0.25, 0.3) is 32.9 Å². The second-order valence-corrected chi connectivity index (χ2v) is 9.82. The van der Waals surface area contributed by atoms with Crippen LogP contribution in [0.5, 0.6) is 0 Å². The molecule has 0 bridgehead atoms. The lowest BCUT2D eigenvalue weighted by molar-refractivity contribution is 0.101. The molecule has 0 spiro atoms. The molecule has 174 valence electrons. The largest absolute Gasteiger partial charge is 0.298 e. The first-order chi connectivity index (χ1) is 17.6. The SMILES string of the molecule is O=C(Nc1nc(-c2csc(NC(=O)c3ccc4ccccc4c3)n2)cs1)c1ccc2ccccc2c1. The molecule has 0 aliphatic rings. The Bertz CT molecular complexity index is 1630. The molecule has 36 heavy (non-hydrogen) atoms. The molecule has 0 saturated carbocycles. The highest BCUT2D eigenvalue weighted by atomic mass is 32.1. The Kier molecular flexibility index (Phi) is 5.73. The van der Waals surface area contributed by atoms with Gasteiger partial charge in [-0.1, -0.05) is 60.7 Å². The summed E-state index contributed by atoms with van der Waals surface area (Å²) in [7, 11) is 0. The summed E-state index contributed by atoms with van der Waals surface area (Å²) < 4.78 is 0. The van der Waals surface area contributed by atoms with Crippen molar-refractivity contribution in [2.24, 2.45) is 0 Å². The highest BCUT2D eigenvalue weighted by Gasteiger charge is 2.14. The molecule has 2 aromatic heterocycles. The summed E-state index contributed by atoms with van der Waals surface area (Å²) in [6, 6.07) is 27.0.